The van der Waals surface area contributed by atoms with E-state index in [1.165, 1.54) is 5.01 Å². The lowest BCUT2D eigenvalue weighted by Gasteiger charge is -2.12. The van der Waals surface area contributed by atoms with Crippen molar-refractivity contribution in [1.29, 1.82) is 0 Å². The number of amides is 1. The van der Waals surface area contributed by atoms with E-state index < -0.39 is 0 Å². The standard InChI is InChI=1S/C21H31N5OS.HI/c1-6-22-21(23-12-11-18-14-28-19(25-18)15(2)3)24-13-16-7-9-17(10-8-16)20(27)26(4)5;/h7-10,14-15H,6,11-13H2,1-5H3,(H2,22,23,24);1H. The predicted molar refractivity (Wildman–Crippen MR) is 133 cm³/mol. The topological polar surface area (TPSA) is 69.6 Å². The molecule has 160 valence electrons. The maximum absolute atomic E-state index is 12.0. The van der Waals surface area contributed by atoms with Crippen LogP contribution < -0.4 is 10.6 Å². The maximum Gasteiger partial charge on any atom is 0.253 e. The molecule has 0 aliphatic carbocycles. The second kappa shape index (κ2) is 12.8. The molecule has 1 aromatic carbocycles. The van der Waals surface area contributed by atoms with E-state index in [0.717, 1.165) is 36.7 Å². The Kier molecular flexibility index (Phi) is 11.2. The van der Waals surface area contributed by atoms with Crippen molar-refractivity contribution in [1.82, 2.24) is 20.5 Å². The number of halogens is 1. The van der Waals surface area contributed by atoms with Gasteiger partial charge in [0.15, 0.2) is 5.96 Å². The van der Waals surface area contributed by atoms with E-state index in [1.807, 2.05) is 31.2 Å². The van der Waals surface area contributed by atoms with Gasteiger partial charge < -0.3 is 15.5 Å². The van der Waals surface area contributed by atoms with Crippen LogP contribution in [0.5, 0.6) is 0 Å². The van der Waals surface area contributed by atoms with Crippen molar-refractivity contribution < 1.29 is 4.79 Å². The van der Waals surface area contributed by atoms with Gasteiger partial charge in [-0.15, -0.1) is 35.3 Å². The van der Waals surface area contributed by atoms with Gasteiger partial charge in [-0.25, -0.2) is 9.98 Å². The van der Waals surface area contributed by atoms with Crippen LogP contribution in [0.15, 0.2) is 34.6 Å². The zero-order chi connectivity index (χ0) is 20.5. The molecule has 1 heterocycles. The van der Waals surface area contributed by atoms with E-state index in [2.05, 4.69) is 39.8 Å². The van der Waals surface area contributed by atoms with Crippen molar-refractivity contribution in [3.63, 3.8) is 0 Å². The van der Waals surface area contributed by atoms with E-state index >= 15 is 0 Å². The fraction of sp³-hybridized carbons (Fsp3) is 0.476. The molecular weight excluding hydrogens is 497 g/mol. The van der Waals surface area contributed by atoms with Gasteiger partial charge in [-0.2, -0.15) is 0 Å². The van der Waals surface area contributed by atoms with Gasteiger partial charge >= 0.3 is 0 Å². The lowest BCUT2D eigenvalue weighted by molar-refractivity contribution is 0.0827. The molecule has 29 heavy (non-hydrogen) atoms. The Morgan fingerprint density at radius 1 is 1.21 bits per heavy atom. The number of nitrogens with zero attached hydrogens (tertiary/aromatic N) is 3. The van der Waals surface area contributed by atoms with Crippen LogP contribution in [-0.4, -0.2) is 48.9 Å². The molecule has 1 amide bonds. The number of hydrogen-bond donors (Lipinski definition) is 2. The van der Waals surface area contributed by atoms with Gasteiger partial charge in [0.2, 0.25) is 0 Å². The van der Waals surface area contributed by atoms with E-state index in [9.17, 15) is 4.79 Å². The Morgan fingerprint density at radius 2 is 1.90 bits per heavy atom. The first kappa shape index (κ1) is 25.4. The van der Waals surface area contributed by atoms with Gasteiger partial charge in [0.25, 0.3) is 5.91 Å². The van der Waals surface area contributed by atoms with Crippen LogP contribution in [0.25, 0.3) is 0 Å². The minimum atomic E-state index is 0. The monoisotopic (exact) mass is 529 g/mol. The molecule has 0 aliphatic rings. The van der Waals surface area contributed by atoms with Crippen molar-refractivity contribution in [2.24, 2.45) is 4.99 Å². The SMILES string of the molecule is CCNC(=NCc1ccc(C(=O)N(C)C)cc1)NCCc1csc(C(C)C)n1.I. The van der Waals surface area contributed by atoms with Gasteiger partial charge in [-0.3, -0.25) is 4.79 Å². The molecule has 0 radical (unpaired) electrons. The number of rotatable bonds is 8. The number of aliphatic imine (C=N–C) groups is 1. The number of nitrogens with one attached hydrogen (secondary N) is 2. The summed E-state index contributed by atoms with van der Waals surface area (Å²) in [6, 6.07) is 7.60. The van der Waals surface area contributed by atoms with Crippen molar-refractivity contribution in [3.8, 4) is 0 Å². The van der Waals surface area contributed by atoms with Gasteiger partial charge in [0, 0.05) is 50.5 Å². The molecule has 2 rings (SSSR count). The maximum atomic E-state index is 12.0. The normalized spacial score (nSPS) is 11.2. The smallest absolute Gasteiger partial charge is 0.253 e. The number of carbonyl (C=O) groups is 1. The summed E-state index contributed by atoms with van der Waals surface area (Å²) < 4.78 is 0. The molecular formula is C21H32IN5OS. The molecule has 0 bridgehead atoms. The average Bonchev–Trinajstić information content (AvgIpc) is 3.15. The average molecular weight is 529 g/mol. The summed E-state index contributed by atoms with van der Waals surface area (Å²) in [5.74, 6) is 1.27. The first-order valence-electron chi connectivity index (χ1n) is 9.67. The van der Waals surface area contributed by atoms with Crippen LogP contribution in [0, 0.1) is 0 Å². The fourth-order valence-corrected chi connectivity index (χ4v) is 3.40. The zero-order valence-electron chi connectivity index (χ0n) is 17.9. The summed E-state index contributed by atoms with van der Waals surface area (Å²) in [7, 11) is 3.51. The first-order valence-corrected chi connectivity index (χ1v) is 10.6. The lowest BCUT2D eigenvalue weighted by Crippen LogP contribution is -2.38. The largest absolute Gasteiger partial charge is 0.357 e. The third-order valence-corrected chi connectivity index (χ3v) is 5.30. The Morgan fingerprint density at radius 3 is 2.45 bits per heavy atom. The van der Waals surface area contributed by atoms with Crippen molar-refractivity contribution in [2.75, 3.05) is 27.2 Å². The van der Waals surface area contributed by atoms with Crippen LogP contribution in [0.3, 0.4) is 0 Å². The van der Waals surface area contributed by atoms with Crippen molar-refractivity contribution in [3.05, 3.63) is 51.5 Å². The molecule has 8 heteroatoms. The number of thiazole rings is 1. The number of benzene rings is 1. The molecule has 2 aromatic rings. The summed E-state index contributed by atoms with van der Waals surface area (Å²) in [4.78, 5) is 22.8. The molecule has 0 unspecified atom stereocenters. The summed E-state index contributed by atoms with van der Waals surface area (Å²) >= 11 is 1.73. The number of guanidine groups is 1. The number of carbonyl (C=O) groups excluding carboxylic acids is 1. The van der Waals surface area contributed by atoms with Crippen LogP contribution in [0.1, 0.15) is 53.3 Å². The molecule has 0 saturated carbocycles. The van der Waals surface area contributed by atoms with Crippen molar-refractivity contribution in [2.45, 2.75) is 39.7 Å². The molecule has 0 saturated heterocycles. The van der Waals surface area contributed by atoms with E-state index in [0.29, 0.717) is 18.0 Å². The Bertz CT molecular complexity index is 787. The zero-order valence-corrected chi connectivity index (χ0v) is 21.0. The molecule has 6 nitrogen and oxygen atoms in total. The van der Waals surface area contributed by atoms with Gasteiger partial charge in [-0.05, 0) is 24.6 Å². The van der Waals surface area contributed by atoms with Gasteiger partial charge in [-0.1, -0.05) is 26.0 Å². The predicted octanol–water partition coefficient (Wildman–Crippen LogP) is 3.88. The Balaban J connectivity index is 0.00000420. The number of hydrogen-bond acceptors (Lipinski definition) is 4. The first-order chi connectivity index (χ1) is 13.4. The molecule has 0 aliphatic heterocycles. The second-order valence-electron chi connectivity index (χ2n) is 7.10. The van der Waals surface area contributed by atoms with Gasteiger partial charge in [0.05, 0.1) is 17.2 Å². The molecule has 0 spiro atoms. The molecule has 0 atom stereocenters. The Hall–Kier alpha value is -1.68. The van der Waals surface area contributed by atoms with E-state index in [-0.39, 0.29) is 29.9 Å². The minimum Gasteiger partial charge on any atom is -0.357 e. The van der Waals surface area contributed by atoms with E-state index in [4.69, 9.17) is 0 Å². The highest BCUT2D eigenvalue weighted by Crippen LogP contribution is 2.19. The van der Waals surface area contributed by atoms with Crippen LogP contribution in [0.4, 0.5) is 0 Å². The van der Waals surface area contributed by atoms with Crippen LogP contribution >= 0.6 is 35.3 Å². The molecule has 1 aromatic heterocycles. The third-order valence-electron chi connectivity index (χ3n) is 4.11. The summed E-state index contributed by atoms with van der Waals surface area (Å²) in [6.45, 7) is 8.52. The quantitative estimate of drug-likeness (QED) is 0.310. The highest BCUT2D eigenvalue weighted by Gasteiger charge is 2.08. The summed E-state index contributed by atoms with van der Waals surface area (Å²) in [5.41, 5.74) is 2.87. The van der Waals surface area contributed by atoms with Crippen LogP contribution in [0.2, 0.25) is 0 Å². The van der Waals surface area contributed by atoms with Crippen LogP contribution in [-0.2, 0) is 13.0 Å². The second-order valence-corrected chi connectivity index (χ2v) is 7.99. The van der Waals surface area contributed by atoms with Crippen molar-refractivity contribution >= 4 is 47.2 Å². The number of aromatic nitrogens is 1. The summed E-state index contributed by atoms with van der Waals surface area (Å²) in [5, 5.41) is 9.96. The highest BCUT2D eigenvalue weighted by molar-refractivity contribution is 14.0. The highest BCUT2D eigenvalue weighted by atomic mass is 127. The molecule has 0 fully saturated rings. The Labute approximate surface area is 195 Å². The lowest BCUT2D eigenvalue weighted by atomic mass is 10.1. The molecule has 2 N–H and O–H groups in total. The van der Waals surface area contributed by atoms with E-state index in [1.54, 1.807) is 30.3 Å². The fourth-order valence-electron chi connectivity index (χ4n) is 2.53. The third kappa shape index (κ3) is 8.30. The minimum absolute atomic E-state index is 0. The summed E-state index contributed by atoms with van der Waals surface area (Å²) in [6.07, 6.45) is 0.870. The van der Waals surface area contributed by atoms with Gasteiger partial charge in [0.1, 0.15) is 0 Å².